The Morgan fingerprint density at radius 2 is 1.68 bits per heavy atom. The summed E-state index contributed by atoms with van der Waals surface area (Å²) in [6, 6.07) is 5.11. The van der Waals surface area contributed by atoms with Gasteiger partial charge in [0.1, 0.15) is 5.92 Å². The highest BCUT2D eigenvalue weighted by molar-refractivity contribution is 7.80. The minimum Gasteiger partial charge on any atom is -0.469 e. The van der Waals surface area contributed by atoms with E-state index >= 15 is 0 Å². The van der Waals surface area contributed by atoms with Gasteiger partial charge in [0.25, 0.3) is 0 Å². The van der Waals surface area contributed by atoms with E-state index in [1.165, 1.54) is 35.6 Å². The molecule has 0 spiro atoms. The van der Waals surface area contributed by atoms with Gasteiger partial charge >= 0.3 is 24.0 Å². The van der Waals surface area contributed by atoms with Gasteiger partial charge in [0.15, 0.2) is 5.11 Å². The number of hydrogen-bond donors (Lipinski definition) is 3. The maximum Gasteiger partial charge on any atom is 0.460 e. The van der Waals surface area contributed by atoms with Gasteiger partial charge in [-0.2, -0.15) is 30.7 Å². The number of nitrogens with one attached hydrogen (secondary N) is 2. The number of ether oxygens (including phenoxy) is 1. The highest BCUT2D eigenvalue weighted by atomic mass is 32.1. The van der Waals surface area contributed by atoms with Gasteiger partial charge in [0.05, 0.1) is 13.2 Å². The first kappa shape index (κ1) is 22.1. The molecule has 1 heterocycles. The van der Waals surface area contributed by atoms with E-state index in [2.05, 4.69) is 22.3 Å². The number of carbonyl (C=O) groups is 1. The molecule has 0 aliphatic carbocycles. The SMILES string of the molecule is COC(=O)C1C(c2ccccc2)NC(=S)NC1(O)C(F)(F)C(F)(F)C(F)(F)F. The molecule has 1 aromatic rings. The topological polar surface area (TPSA) is 70.6 Å². The molecule has 0 radical (unpaired) electrons. The summed E-state index contributed by atoms with van der Waals surface area (Å²) in [6.45, 7) is 0. The van der Waals surface area contributed by atoms with Crippen LogP contribution >= 0.6 is 12.2 Å². The van der Waals surface area contributed by atoms with Gasteiger partial charge < -0.3 is 20.5 Å². The summed E-state index contributed by atoms with van der Waals surface area (Å²) in [5.41, 5.74) is -4.42. The van der Waals surface area contributed by atoms with Gasteiger partial charge in [0.2, 0.25) is 5.72 Å². The standard InChI is InChI=1S/C15H13F7N2O3S/c1-27-10(25)8-9(7-5-3-2-4-6-7)23-11(28)24-12(8,26)13(16,17)14(18,19)15(20,21)22/h2-6,8-9,26H,1H3,(H2,23,24,28). The lowest BCUT2D eigenvalue weighted by Gasteiger charge is -2.49. The molecule has 5 nitrogen and oxygen atoms in total. The smallest absolute Gasteiger partial charge is 0.460 e. The first-order chi connectivity index (χ1) is 12.7. The van der Waals surface area contributed by atoms with Crippen molar-refractivity contribution in [1.29, 1.82) is 0 Å². The number of benzene rings is 1. The Balaban J connectivity index is 2.70. The zero-order valence-corrected chi connectivity index (χ0v) is 14.7. The number of esters is 1. The van der Waals surface area contributed by atoms with Crippen LogP contribution in [0.2, 0.25) is 0 Å². The summed E-state index contributed by atoms with van der Waals surface area (Å²) < 4.78 is 98.5. The molecule has 0 amide bonds. The summed E-state index contributed by atoms with van der Waals surface area (Å²) in [7, 11) is 0.692. The molecule has 0 aromatic heterocycles. The van der Waals surface area contributed by atoms with Crippen molar-refractivity contribution in [2.75, 3.05) is 7.11 Å². The predicted molar refractivity (Wildman–Crippen MR) is 84.5 cm³/mol. The number of aliphatic hydroxyl groups is 1. The van der Waals surface area contributed by atoms with E-state index in [9.17, 15) is 40.6 Å². The van der Waals surface area contributed by atoms with Gasteiger partial charge in [-0.1, -0.05) is 30.3 Å². The molecule has 3 atom stereocenters. The molecule has 156 valence electrons. The molecule has 1 aliphatic rings. The molecule has 13 heteroatoms. The van der Waals surface area contributed by atoms with Crippen molar-refractivity contribution in [2.24, 2.45) is 5.92 Å². The van der Waals surface area contributed by atoms with Crippen LogP contribution in [0.4, 0.5) is 30.7 Å². The molecule has 0 bridgehead atoms. The van der Waals surface area contributed by atoms with Crippen molar-refractivity contribution < 1.29 is 45.4 Å². The van der Waals surface area contributed by atoms with Crippen molar-refractivity contribution in [3.8, 4) is 0 Å². The van der Waals surface area contributed by atoms with E-state index in [0.29, 0.717) is 7.11 Å². The van der Waals surface area contributed by atoms with Crippen molar-refractivity contribution in [2.45, 2.75) is 29.8 Å². The van der Waals surface area contributed by atoms with Crippen LogP contribution < -0.4 is 10.6 Å². The lowest BCUT2D eigenvalue weighted by Crippen LogP contribution is -2.78. The Labute approximate surface area is 158 Å². The fourth-order valence-corrected chi connectivity index (χ4v) is 3.10. The third-order valence-electron chi connectivity index (χ3n) is 4.22. The minimum absolute atomic E-state index is 0.00583. The number of methoxy groups -OCH3 is 1. The predicted octanol–water partition coefficient (Wildman–Crippen LogP) is 2.52. The summed E-state index contributed by atoms with van der Waals surface area (Å²) in [4.78, 5) is 12.1. The third kappa shape index (κ3) is 3.26. The van der Waals surface area contributed by atoms with Crippen LogP contribution in [-0.4, -0.2) is 47.0 Å². The fourth-order valence-electron chi connectivity index (χ4n) is 2.81. The molecule has 1 saturated heterocycles. The highest BCUT2D eigenvalue weighted by Crippen LogP contribution is 2.54. The molecule has 3 N–H and O–H groups in total. The summed E-state index contributed by atoms with van der Waals surface area (Å²) in [6.07, 6.45) is -6.73. The first-order valence-corrected chi connectivity index (χ1v) is 7.87. The Morgan fingerprint density at radius 3 is 2.14 bits per heavy atom. The van der Waals surface area contributed by atoms with Crippen LogP contribution in [0, 0.1) is 5.92 Å². The first-order valence-electron chi connectivity index (χ1n) is 7.47. The second-order valence-electron chi connectivity index (χ2n) is 5.90. The molecular weight excluding hydrogens is 421 g/mol. The summed E-state index contributed by atoms with van der Waals surface area (Å²) in [5.74, 6) is -17.2. The van der Waals surface area contributed by atoms with E-state index in [0.717, 1.165) is 0 Å². The number of hydrogen-bond acceptors (Lipinski definition) is 4. The molecule has 1 aromatic carbocycles. The Hall–Kier alpha value is -2.15. The van der Waals surface area contributed by atoms with Crippen LogP contribution in [0.25, 0.3) is 0 Å². The molecule has 3 unspecified atom stereocenters. The van der Waals surface area contributed by atoms with Gasteiger partial charge in [0, 0.05) is 0 Å². The monoisotopic (exact) mass is 434 g/mol. The van der Waals surface area contributed by atoms with Crippen molar-refractivity contribution >= 4 is 23.3 Å². The lowest BCUT2D eigenvalue weighted by atomic mass is 9.77. The average Bonchev–Trinajstić information content (AvgIpc) is 2.60. The Morgan fingerprint density at radius 1 is 1.14 bits per heavy atom. The van der Waals surface area contributed by atoms with Crippen LogP contribution in [-0.2, 0) is 9.53 Å². The average molecular weight is 434 g/mol. The lowest BCUT2D eigenvalue weighted by molar-refractivity contribution is -0.397. The highest BCUT2D eigenvalue weighted by Gasteiger charge is 2.83. The van der Waals surface area contributed by atoms with Gasteiger partial charge in [-0.25, -0.2) is 0 Å². The largest absolute Gasteiger partial charge is 0.469 e. The maximum atomic E-state index is 14.5. The molecule has 1 aliphatic heterocycles. The van der Waals surface area contributed by atoms with Crippen molar-refractivity contribution in [3.05, 3.63) is 35.9 Å². The second kappa shape index (κ2) is 7.03. The third-order valence-corrected chi connectivity index (χ3v) is 4.44. The van der Waals surface area contributed by atoms with E-state index in [1.807, 2.05) is 0 Å². The van der Waals surface area contributed by atoms with E-state index in [1.54, 1.807) is 0 Å². The van der Waals surface area contributed by atoms with E-state index in [4.69, 9.17) is 0 Å². The second-order valence-corrected chi connectivity index (χ2v) is 6.31. The quantitative estimate of drug-likeness (QED) is 0.385. The zero-order valence-electron chi connectivity index (χ0n) is 13.9. The van der Waals surface area contributed by atoms with Crippen LogP contribution in [0.15, 0.2) is 30.3 Å². The number of alkyl halides is 7. The van der Waals surface area contributed by atoms with E-state index < -0.39 is 46.8 Å². The Kier molecular flexibility index (Phi) is 5.56. The molecule has 1 fully saturated rings. The van der Waals surface area contributed by atoms with Crippen LogP contribution in [0.5, 0.6) is 0 Å². The van der Waals surface area contributed by atoms with Gasteiger partial charge in [-0.05, 0) is 17.8 Å². The number of thiocarbonyl (C=S) groups is 1. The normalized spacial score (nSPS) is 26.2. The van der Waals surface area contributed by atoms with Crippen molar-refractivity contribution in [3.63, 3.8) is 0 Å². The molecular formula is C15H13F7N2O3S. The van der Waals surface area contributed by atoms with Gasteiger partial charge in [-0.3, -0.25) is 4.79 Å². The number of halogens is 7. The zero-order chi connectivity index (χ0) is 21.5. The van der Waals surface area contributed by atoms with Crippen LogP contribution in [0.3, 0.4) is 0 Å². The minimum atomic E-state index is -6.73. The number of carbonyl (C=O) groups excluding carboxylic acids is 1. The molecule has 0 saturated carbocycles. The van der Waals surface area contributed by atoms with Gasteiger partial charge in [-0.15, -0.1) is 0 Å². The van der Waals surface area contributed by atoms with E-state index in [-0.39, 0.29) is 5.56 Å². The molecule has 2 rings (SSSR count). The number of rotatable bonds is 4. The summed E-state index contributed by atoms with van der Waals surface area (Å²) in [5, 5.41) is 13.2. The summed E-state index contributed by atoms with van der Waals surface area (Å²) >= 11 is 4.60. The van der Waals surface area contributed by atoms with Crippen LogP contribution in [0.1, 0.15) is 11.6 Å². The van der Waals surface area contributed by atoms with Crippen molar-refractivity contribution in [1.82, 2.24) is 10.6 Å². The molecule has 28 heavy (non-hydrogen) atoms. The Bertz CT molecular complexity index is 760. The fraction of sp³-hybridized carbons (Fsp3) is 0.467. The maximum absolute atomic E-state index is 14.5.